The Labute approximate surface area is 123 Å². The van der Waals surface area contributed by atoms with E-state index in [1.165, 1.54) is 24.8 Å². The predicted molar refractivity (Wildman–Crippen MR) is 84.4 cm³/mol. The minimum Gasteiger partial charge on any atom is -0.496 e. The molecular formula is C17H28N2O. The highest BCUT2D eigenvalue weighted by Crippen LogP contribution is 2.20. The zero-order valence-corrected chi connectivity index (χ0v) is 13.1. The van der Waals surface area contributed by atoms with Crippen LogP contribution >= 0.6 is 0 Å². The second-order valence-corrected chi connectivity index (χ2v) is 5.93. The average molecular weight is 276 g/mol. The summed E-state index contributed by atoms with van der Waals surface area (Å²) >= 11 is 0. The largest absolute Gasteiger partial charge is 0.496 e. The van der Waals surface area contributed by atoms with Crippen molar-refractivity contribution in [2.45, 2.75) is 44.7 Å². The second-order valence-electron chi connectivity index (χ2n) is 5.93. The number of nitrogens with one attached hydrogen (secondary N) is 1. The number of nitrogens with zero attached hydrogens (tertiary/aromatic N) is 1. The van der Waals surface area contributed by atoms with Gasteiger partial charge in [0.15, 0.2) is 0 Å². The molecule has 0 bridgehead atoms. The maximum absolute atomic E-state index is 5.43. The van der Waals surface area contributed by atoms with Gasteiger partial charge in [-0.05, 0) is 64.4 Å². The number of likely N-dealkylation sites (N-methyl/N-ethyl adjacent to an activating group) is 1. The van der Waals surface area contributed by atoms with Crippen LogP contribution in [0.4, 0.5) is 0 Å². The SMILES string of the molecule is COc1ccccc1CC(C)N(C)CCCNC1CC1. The van der Waals surface area contributed by atoms with Crippen LogP contribution in [0.3, 0.4) is 0 Å². The van der Waals surface area contributed by atoms with Crippen molar-refractivity contribution in [3.63, 3.8) is 0 Å². The molecule has 1 unspecified atom stereocenters. The molecule has 2 rings (SSSR count). The van der Waals surface area contributed by atoms with Crippen molar-refractivity contribution < 1.29 is 4.74 Å². The third-order valence-corrected chi connectivity index (χ3v) is 4.16. The van der Waals surface area contributed by atoms with Gasteiger partial charge in [0.25, 0.3) is 0 Å². The van der Waals surface area contributed by atoms with E-state index in [9.17, 15) is 0 Å². The summed E-state index contributed by atoms with van der Waals surface area (Å²) in [5, 5.41) is 3.57. The van der Waals surface area contributed by atoms with Crippen LogP contribution in [0.25, 0.3) is 0 Å². The molecule has 0 saturated heterocycles. The van der Waals surface area contributed by atoms with Gasteiger partial charge in [-0.3, -0.25) is 0 Å². The molecule has 0 aromatic heterocycles. The molecule has 20 heavy (non-hydrogen) atoms. The van der Waals surface area contributed by atoms with Gasteiger partial charge in [-0.15, -0.1) is 0 Å². The molecule has 1 aliphatic rings. The topological polar surface area (TPSA) is 24.5 Å². The normalized spacial score (nSPS) is 16.4. The molecule has 1 N–H and O–H groups in total. The van der Waals surface area contributed by atoms with E-state index in [1.54, 1.807) is 7.11 Å². The van der Waals surface area contributed by atoms with Crippen molar-refractivity contribution in [2.24, 2.45) is 0 Å². The Hall–Kier alpha value is -1.06. The number of hydrogen-bond acceptors (Lipinski definition) is 3. The van der Waals surface area contributed by atoms with E-state index in [0.29, 0.717) is 6.04 Å². The standard InChI is InChI=1S/C17H28N2O/c1-14(13-15-7-4-5-8-17(15)20-3)19(2)12-6-11-18-16-9-10-16/h4-5,7-8,14,16,18H,6,9-13H2,1-3H3. The first-order chi connectivity index (χ1) is 9.70. The lowest BCUT2D eigenvalue weighted by Gasteiger charge is -2.25. The summed E-state index contributed by atoms with van der Waals surface area (Å²) in [5.41, 5.74) is 1.30. The molecule has 1 aromatic carbocycles. The van der Waals surface area contributed by atoms with E-state index in [2.05, 4.69) is 36.3 Å². The Morgan fingerprint density at radius 2 is 2.10 bits per heavy atom. The van der Waals surface area contributed by atoms with Crippen LogP contribution in [0.5, 0.6) is 5.75 Å². The highest BCUT2D eigenvalue weighted by molar-refractivity contribution is 5.33. The van der Waals surface area contributed by atoms with Crippen LogP contribution < -0.4 is 10.1 Å². The minimum atomic E-state index is 0.534. The first-order valence-corrected chi connectivity index (χ1v) is 7.76. The highest BCUT2D eigenvalue weighted by atomic mass is 16.5. The van der Waals surface area contributed by atoms with Gasteiger partial charge in [0, 0.05) is 12.1 Å². The van der Waals surface area contributed by atoms with Crippen molar-refractivity contribution in [2.75, 3.05) is 27.2 Å². The summed E-state index contributed by atoms with van der Waals surface area (Å²) in [4.78, 5) is 2.45. The fourth-order valence-corrected chi connectivity index (χ4v) is 2.49. The third kappa shape index (κ3) is 4.80. The van der Waals surface area contributed by atoms with Crippen molar-refractivity contribution in [3.8, 4) is 5.75 Å². The number of hydrogen-bond donors (Lipinski definition) is 1. The monoisotopic (exact) mass is 276 g/mol. The fraction of sp³-hybridized carbons (Fsp3) is 0.647. The Bertz CT molecular complexity index is 404. The van der Waals surface area contributed by atoms with E-state index in [-0.39, 0.29) is 0 Å². The van der Waals surface area contributed by atoms with Gasteiger partial charge >= 0.3 is 0 Å². The van der Waals surface area contributed by atoms with E-state index >= 15 is 0 Å². The molecule has 1 fully saturated rings. The molecule has 1 atom stereocenters. The Morgan fingerprint density at radius 3 is 2.80 bits per heavy atom. The van der Waals surface area contributed by atoms with Gasteiger partial charge in [0.05, 0.1) is 7.11 Å². The fourth-order valence-electron chi connectivity index (χ4n) is 2.49. The van der Waals surface area contributed by atoms with Crippen LogP contribution in [0.15, 0.2) is 24.3 Å². The van der Waals surface area contributed by atoms with Gasteiger partial charge < -0.3 is 15.0 Å². The number of para-hydroxylation sites is 1. The predicted octanol–water partition coefficient (Wildman–Crippen LogP) is 2.70. The van der Waals surface area contributed by atoms with Crippen LogP contribution in [-0.2, 0) is 6.42 Å². The maximum atomic E-state index is 5.43. The van der Waals surface area contributed by atoms with Crippen molar-refractivity contribution in [1.29, 1.82) is 0 Å². The van der Waals surface area contributed by atoms with Crippen LogP contribution in [0, 0.1) is 0 Å². The lowest BCUT2D eigenvalue weighted by atomic mass is 10.0. The van der Waals surface area contributed by atoms with Crippen LogP contribution in [-0.4, -0.2) is 44.2 Å². The van der Waals surface area contributed by atoms with Crippen molar-refractivity contribution in [1.82, 2.24) is 10.2 Å². The second kappa shape index (κ2) is 7.65. The third-order valence-electron chi connectivity index (χ3n) is 4.16. The molecule has 3 nitrogen and oxygen atoms in total. The van der Waals surface area contributed by atoms with Gasteiger partial charge in [-0.25, -0.2) is 0 Å². The molecule has 1 aliphatic carbocycles. The lowest BCUT2D eigenvalue weighted by molar-refractivity contribution is 0.250. The van der Waals surface area contributed by atoms with E-state index in [1.807, 2.05) is 12.1 Å². The molecule has 112 valence electrons. The lowest BCUT2D eigenvalue weighted by Crippen LogP contribution is -2.33. The molecule has 0 amide bonds. The molecule has 3 heteroatoms. The summed E-state index contributed by atoms with van der Waals surface area (Å²) in [6.45, 7) is 4.59. The first kappa shape index (κ1) is 15.3. The van der Waals surface area contributed by atoms with Crippen molar-refractivity contribution >= 4 is 0 Å². The minimum absolute atomic E-state index is 0.534. The Kier molecular flexibility index (Phi) is 5.86. The molecule has 0 radical (unpaired) electrons. The Balaban J connectivity index is 1.72. The summed E-state index contributed by atoms with van der Waals surface area (Å²) < 4.78 is 5.43. The molecule has 0 heterocycles. The summed E-state index contributed by atoms with van der Waals surface area (Å²) in [7, 11) is 3.97. The summed E-state index contributed by atoms with van der Waals surface area (Å²) in [6.07, 6.45) is 5.01. The quantitative estimate of drug-likeness (QED) is 0.702. The zero-order chi connectivity index (χ0) is 14.4. The molecule has 1 saturated carbocycles. The molecular weight excluding hydrogens is 248 g/mol. The molecule has 0 aliphatic heterocycles. The highest BCUT2D eigenvalue weighted by Gasteiger charge is 2.19. The van der Waals surface area contributed by atoms with Gasteiger partial charge in [0.2, 0.25) is 0 Å². The Morgan fingerprint density at radius 1 is 1.35 bits per heavy atom. The van der Waals surface area contributed by atoms with Gasteiger partial charge in [0.1, 0.15) is 5.75 Å². The zero-order valence-electron chi connectivity index (χ0n) is 13.1. The molecule has 0 spiro atoms. The van der Waals surface area contributed by atoms with Crippen molar-refractivity contribution in [3.05, 3.63) is 29.8 Å². The number of ether oxygens (including phenoxy) is 1. The van der Waals surface area contributed by atoms with Crippen LogP contribution in [0.2, 0.25) is 0 Å². The summed E-state index contributed by atoms with van der Waals surface area (Å²) in [6, 6.07) is 9.68. The number of methoxy groups -OCH3 is 1. The van der Waals surface area contributed by atoms with E-state index < -0.39 is 0 Å². The number of rotatable bonds is 9. The average Bonchev–Trinajstić information content (AvgIpc) is 3.28. The summed E-state index contributed by atoms with van der Waals surface area (Å²) in [5.74, 6) is 1.00. The van der Waals surface area contributed by atoms with Gasteiger partial charge in [-0.2, -0.15) is 0 Å². The van der Waals surface area contributed by atoms with E-state index in [4.69, 9.17) is 4.74 Å². The van der Waals surface area contributed by atoms with Crippen LogP contribution in [0.1, 0.15) is 31.7 Å². The first-order valence-electron chi connectivity index (χ1n) is 7.76. The maximum Gasteiger partial charge on any atom is 0.122 e. The number of benzene rings is 1. The smallest absolute Gasteiger partial charge is 0.122 e. The van der Waals surface area contributed by atoms with Gasteiger partial charge in [-0.1, -0.05) is 18.2 Å². The van der Waals surface area contributed by atoms with E-state index in [0.717, 1.165) is 31.3 Å². The molecule has 1 aromatic rings.